The smallest absolute Gasteiger partial charge is 0.264 e. The molecule has 0 saturated carbocycles. The van der Waals surface area contributed by atoms with Gasteiger partial charge in [-0.15, -0.1) is 0 Å². The molecule has 8 heteroatoms. The topological polar surface area (TPSA) is 52.6 Å². The zero-order valence-corrected chi connectivity index (χ0v) is 18.3. The minimum absolute atomic E-state index is 0.00812. The van der Waals surface area contributed by atoms with Gasteiger partial charge in [0.15, 0.2) is 8.32 Å². The molecule has 0 bridgehead atoms. The number of benzene rings is 1. The monoisotopic (exact) mass is 410 g/mol. The van der Waals surface area contributed by atoms with Crippen molar-refractivity contribution in [3.8, 4) is 0 Å². The van der Waals surface area contributed by atoms with Crippen molar-refractivity contribution in [2.24, 2.45) is 0 Å². The molecule has 1 aromatic rings. The van der Waals surface area contributed by atoms with Crippen LogP contribution < -0.4 is 0 Å². The summed E-state index contributed by atoms with van der Waals surface area (Å²) < 4.78 is 47.3. The lowest BCUT2D eigenvalue weighted by Crippen LogP contribution is -2.44. The molecule has 0 aliphatic heterocycles. The summed E-state index contributed by atoms with van der Waals surface area (Å²) in [4.78, 5) is 0. The molecule has 144 valence electrons. The molecule has 0 radical (unpaired) electrons. The van der Waals surface area contributed by atoms with Gasteiger partial charge in [-0.25, -0.2) is 4.39 Å². The van der Waals surface area contributed by atoms with Crippen molar-refractivity contribution >= 4 is 30.0 Å². The zero-order chi connectivity index (χ0) is 19.5. The lowest BCUT2D eigenvalue weighted by atomic mass is 10.1. The number of halogens is 2. The maximum Gasteiger partial charge on any atom is 0.264 e. The molecule has 1 atom stereocenters. The van der Waals surface area contributed by atoms with E-state index < -0.39 is 24.3 Å². The Hall–Kier alpha value is -0.473. The summed E-state index contributed by atoms with van der Waals surface area (Å²) in [6, 6.07) is 4.66. The average Bonchev–Trinajstić information content (AvgIpc) is 2.39. The predicted octanol–water partition coefficient (Wildman–Crippen LogP) is 4.78. The summed E-state index contributed by atoms with van der Waals surface area (Å²) in [7, 11) is -5.57. The van der Waals surface area contributed by atoms with Gasteiger partial charge in [0.2, 0.25) is 0 Å². The Bertz CT molecular complexity index is 686. The minimum Gasteiger partial charge on any atom is -0.414 e. The van der Waals surface area contributed by atoms with E-state index in [2.05, 4.69) is 33.9 Å². The van der Waals surface area contributed by atoms with Crippen molar-refractivity contribution in [3.63, 3.8) is 0 Å². The van der Waals surface area contributed by atoms with Crippen molar-refractivity contribution in [3.05, 3.63) is 34.6 Å². The van der Waals surface area contributed by atoms with Gasteiger partial charge >= 0.3 is 0 Å². The summed E-state index contributed by atoms with van der Waals surface area (Å²) in [6.07, 6.45) is 1.63. The molecule has 25 heavy (non-hydrogen) atoms. The summed E-state index contributed by atoms with van der Waals surface area (Å²) in [5.41, 5.74) is 0.755. The fourth-order valence-electron chi connectivity index (χ4n) is 2.06. The van der Waals surface area contributed by atoms with Crippen LogP contribution in [0.5, 0.6) is 0 Å². The summed E-state index contributed by atoms with van der Waals surface area (Å²) in [6.45, 7) is 10.7. The fourth-order valence-corrected chi connectivity index (χ4v) is 3.96. The first kappa shape index (κ1) is 22.6. The van der Waals surface area contributed by atoms with Crippen molar-refractivity contribution in [1.29, 1.82) is 0 Å². The van der Waals surface area contributed by atoms with Gasteiger partial charge in [-0.1, -0.05) is 38.4 Å². The van der Waals surface area contributed by atoms with E-state index in [0.717, 1.165) is 11.8 Å². The van der Waals surface area contributed by atoms with E-state index in [1.807, 2.05) is 0 Å². The first-order chi connectivity index (χ1) is 11.2. The van der Waals surface area contributed by atoms with Gasteiger partial charge in [0, 0.05) is 0 Å². The number of rotatable bonds is 8. The van der Waals surface area contributed by atoms with Gasteiger partial charge in [-0.05, 0) is 48.7 Å². The highest BCUT2D eigenvalue weighted by atomic mass is 35.5. The van der Waals surface area contributed by atoms with Crippen LogP contribution in [0, 0.1) is 5.82 Å². The Morgan fingerprint density at radius 3 is 2.36 bits per heavy atom. The van der Waals surface area contributed by atoms with Crippen LogP contribution in [0.1, 0.15) is 32.8 Å². The maximum absolute atomic E-state index is 13.7. The molecule has 0 aliphatic rings. The first-order valence-electron chi connectivity index (χ1n) is 8.17. The summed E-state index contributed by atoms with van der Waals surface area (Å²) in [5.74, 6) is -0.474. The van der Waals surface area contributed by atoms with Crippen molar-refractivity contribution < 1.29 is 21.4 Å². The van der Waals surface area contributed by atoms with Crippen LogP contribution in [0.15, 0.2) is 18.2 Å². The molecule has 0 heterocycles. The van der Waals surface area contributed by atoms with Gasteiger partial charge in [0.25, 0.3) is 10.1 Å². The number of hydrogen-bond donors (Lipinski definition) is 0. The van der Waals surface area contributed by atoms with Crippen LogP contribution in [-0.2, 0) is 25.1 Å². The highest BCUT2D eigenvalue weighted by molar-refractivity contribution is 7.85. The average molecular weight is 411 g/mol. The molecule has 4 nitrogen and oxygen atoms in total. The Labute approximate surface area is 156 Å². The van der Waals surface area contributed by atoms with Gasteiger partial charge in [0.1, 0.15) is 5.82 Å². The van der Waals surface area contributed by atoms with Gasteiger partial charge in [-0.3, -0.25) is 4.18 Å². The third kappa shape index (κ3) is 7.74. The predicted molar refractivity (Wildman–Crippen MR) is 103 cm³/mol. The molecule has 0 aromatic heterocycles. The molecule has 0 saturated heterocycles. The fraction of sp³-hybridized carbons (Fsp3) is 0.647. The van der Waals surface area contributed by atoms with Crippen molar-refractivity contribution in [2.75, 3.05) is 12.9 Å². The van der Waals surface area contributed by atoms with E-state index in [1.165, 1.54) is 12.1 Å². The third-order valence-electron chi connectivity index (χ3n) is 4.45. The third-order valence-corrected chi connectivity index (χ3v) is 9.89. The van der Waals surface area contributed by atoms with Crippen LogP contribution in [0.3, 0.4) is 0 Å². The van der Waals surface area contributed by atoms with Crippen LogP contribution in [-0.4, -0.2) is 35.7 Å². The molecule has 0 spiro atoms. The second kappa shape index (κ2) is 8.48. The molecular formula is C17H28ClFO4SSi. The quantitative estimate of drug-likeness (QED) is 0.457. The molecule has 0 aliphatic carbocycles. The minimum atomic E-state index is -3.50. The Balaban J connectivity index is 2.91. The normalized spacial score (nSPS) is 14.6. The number of hydrogen-bond acceptors (Lipinski definition) is 4. The second-order valence-electron chi connectivity index (χ2n) is 7.77. The molecule has 0 fully saturated rings. The largest absolute Gasteiger partial charge is 0.414 e. The van der Waals surface area contributed by atoms with E-state index in [4.69, 9.17) is 20.2 Å². The van der Waals surface area contributed by atoms with Crippen molar-refractivity contribution in [1.82, 2.24) is 0 Å². The molecular weight excluding hydrogens is 383 g/mol. The Morgan fingerprint density at radius 2 is 1.88 bits per heavy atom. The Morgan fingerprint density at radius 1 is 1.28 bits per heavy atom. The molecule has 1 rings (SSSR count). The lowest BCUT2D eigenvalue weighted by Gasteiger charge is -2.39. The van der Waals surface area contributed by atoms with Gasteiger partial charge in [0.05, 0.1) is 24.0 Å². The van der Waals surface area contributed by atoms with E-state index in [9.17, 15) is 12.8 Å². The van der Waals surface area contributed by atoms with Crippen LogP contribution >= 0.6 is 11.6 Å². The lowest BCUT2D eigenvalue weighted by molar-refractivity contribution is 0.148. The second-order valence-corrected chi connectivity index (χ2v) is 14.6. The summed E-state index contributed by atoms with van der Waals surface area (Å²) in [5, 5.41) is 0.0831. The van der Waals surface area contributed by atoms with E-state index in [0.29, 0.717) is 12.8 Å². The highest BCUT2D eigenvalue weighted by Gasteiger charge is 2.39. The van der Waals surface area contributed by atoms with Crippen LogP contribution in [0.2, 0.25) is 23.2 Å². The van der Waals surface area contributed by atoms with E-state index >= 15 is 0 Å². The zero-order valence-electron chi connectivity index (χ0n) is 15.7. The SMILES string of the molecule is CC(C)(C)[Si](C)(C)OC(CCOS(C)(=O)=O)Cc1ccc(Cl)c(F)c1. The maximum atomic E-state index is 13.7. The van der Waals surface area contributed by atoms with Gasteiger partial charge in [-0.2, -0.15) is 8.42 Å². The summed E-state index contributed by atoms with van der Waals surface area (Å²) >= 11 is 5.73. The van der Waals surface area contributed by atoms with Gasteiger partial charge < -0.3 is 4.43 Å². The van der Waals surface area contributed by atoms with Crippen LogP contribution in [0.25, 0.3) is 0 Å². The first-order valence-corrected chi connectivity index (χ1v) is 13.3. The molecule has 1 aromatic carbocycles. The Kier molecular flexibility index (Phi) is 7.65. The van der Waals surface area contributed by atoms with Crippen LogP contribution in [0.4, 0.5) is 4.39 Å². The van der Waals surface area contributed by atoms with E-state index in [1.54, 1.807) is 6.07 Å². The standard InChI is InChI=1S/C17H28ClFO4SSi/c1-17(2,3)25(5,6)23-14(9-10-22-24(4,20)21)11-13-7-8-15(18)16(19)12-13/h7-8,12,14H,9-11H2,1-6H3. The van der Waals surface area contributed by atoms with E-state index in [-0.39, 0.29) is 22.8 Å². The molecule has 0 amide bonds. The molecule has 0 N–H and O–H groups in total. The highest BCUT2D eigenvalue weighted by Crippen LogP contribution is 2.38. The molecule has 1 unspecified atom stereocenters. The van der Waals surface area contributed by atoms with Crippen molar-refractivity contribution in [2.45, 2.75) is 57.8 Å².